The molecule has 0 fully saturated rings. The smallest absolute Gasteiger partial charge is 0.337 e. The largest absolute Gasteiger partial charge is 0.375 e. The molecule has 7 heteroatoms. The van der Waals surface area contributed by atoms with E-state index in [1.807, 2.05) is 0 Å². The van der Waals surface area contributed by atoms with Gasteiger partial charge < -0.3 is 5.73 Å². The fourth-order valence-electron chi connectivity index (χ4n) is 0.540. The summed E-state index contributed by atoms with van der Waals surface area (Å²) in [5, 5.41) is 6.95. The third-order valence-corrected chi connectivity index (χ3v) is 6.29. The number of nitrogens with two attached hydrogens (primary N) is 1. The van der Waals surface area contributed by atoms with Gasteiger partial charge in [0, 0.05) is 0 Å². The first-order valence-corrected chi connectivity index (χ1v) is 6.36. The molecule has 0 spiro atoms. The second-order valence-corrected chi connectivity index (χ2v) is 7.32. The lowest BCUT2D eigenvalue weighted by atomic mass is 11.0. The van der Waals surface area contributed by atoms with Gasteiger partial charge in [0.15, 0.2) is 9.50 Å². The Labute approximate surface area is 66.5 Å². The molecular weight excluding hydrogens is 186 g/mol. The molecule has 1 unspecified atom stereocenters. The number of rotatable bonds is 2. The molecule has 0 saturated carbocycles. The number of anilines is 1. The lowest BCUT2D eigenvalue weighted by molar-refractivity contribution is 0.611. The van der Waals surface area contributed by atoms with Crippen molar-refractivity contribution in [3.05, 3.63) is 5.51 Å². The van der Waals surface area contributed by atoms with Crippen LogP contribution in [0.1, 0.15) is 6.92 Å². The van der Waals surface area contributed by atoms with Gasteiger partial charge in [0.1, 0.15) is 0 Å². The summed E-state index contributed by atoms with van der Waals surface area (Å²) in [6, 6.07) is 0. The van der Waals surface area contributed by atoms with Crippen LogP contribution >= 0.6 is 9.50 Å². The van der Waals surface area contributed by atoms with E-state index in [9.17, 15) is 8.42 Å². The zero-order valence-corrected chi connectivity index (χ0v) is 7.52. The van der Waals surface area contributed by atoms with E-state index in [0.717, 1.165) is 0 Å². The van der Waals surface area contributed by atoms with Crippen LogP contribution in [0.4, 0.5) is 5.13 Å². The Morgan fingerprint density at radius 1 is 1.73 bits per heavy atom. The molecule has 1 heterocycles. The summed E-state index contributed by atoms with van der Waals surface area (Å²) < 4.78 is 22.3. The SMILES string of the molecule is CCS(=O)(=O)[s+]1cnnc1N. The lowest BCUT2D eigenvalue weighted by Gasteiger charge is -1.85. The minimum atomic E-state index is -3.12. The maximum absolute atomic E-state index is 11.2. The van der Waals surface area contributed by atoms with Crippen LogP contribution in [0.15, 0.2) is 5.51 Å². The van der Waals surface area contributed by atoms with Crippen molar-refractivity contribution >= 4 is 23.5 Å². The molecule has 0 radical (unpaired) electrons. The fraction of sp³-hybridized carbons (Fsp3) is 0.500. The third-order valence-electron chi connectivity index (χ3n) is 1.13. The molecule has 1 atom stereocenters. The van der Waals surface area contributed by atoms with Gasteiger partial charge in [0.25, 0.3) is 5.51 Å². The molecular formula is C4H8N3O2S2+. The molecule has 11 heavy (non-hydrogen) atoms. The van der Waals surface area contributed by atoms with Crippen LogP contribution in [0.5, 0.6) is 0 Å². The lowest BCUT2D eigenvalue weighted by Crippen LogP contribution is -1.98. The molecule has 0 amide bonds. The highest BCUT2D eigenvalue weighted by Crippen LogP contribution is 2.29. The van der Waals surface area contributed by atoms with Gasteiger partial charge in [-0.25, -0.2) is 0 Å². The summed E-state index contributed by atoms with van der Waals surface area (Å²) in [4.78, 5) is 0. The summed E-state index contributed by atoms with van der Waals surface area (Å²) in [6.07, 6.45) is 0. The minimum absolute atomic E-state index is 0.0678. The van der Waals surface area contributed by atoms with Gasteiger partial charge in [-0.3, -0.25) is 0 Å². The van der Waals surface area contributed by atoms with Crippen molar-refractivity contribution in [2.75, 3.05) is 11.5 Å². The zero-order chi connectivity index (χ0) is 8.48. The van der Waals surface area contributed by atoms with Crippen molar-refractivity contribution in [1.29, 1.82) is 0 Å². The highest BCUT2D eigenvalue weighted by atomic mass is 33.2. The normalized spacial score (nSPS) is 13.4. The number of nitrogens with zero attached hydrogens (tertiary/aromatic N) is 2. The Kier molecular flexibility index (Phi) is 2.10. The average Bonchev–Trinajstić information content (AvgIpc) is 2.36. The summed E-state index contributed by atoms with van der Waals surface area (Å²) in [7, 11) is -4.20. The molecule has 5 nitrogen and oxygen atoms in total. The van der Waals surface area contributed by atoms with E-state index < -0.39 is 18.4 Å². The van der Waals surface area contributed by atoms with Crippen LogP contribution in [-0.4, -0.2) is 24.4 Å². The second-order valence-electron chi connectivity index (χ2n) is 1.80. The molecule has 0 aliphatic heterocycles. The highest BCUT2D eigenvalue weighted by molar-refractivity contribution is 8.39. The van der Waals surface area contributed by atoms with E-state index >= 15 is 0 Å². The van der Waals surface area contributed by atoms with Gasteiger partial charge in [-0.05, 0) is 6.92 Å². The predicted octanol–water partition coefficient (Wildman–Crippen LogP) is 0.00570. The van der Waals surface area contributed by atoms with Crippen LogP contribution in [0.2, 0.25) is 0 Å². The molecule has 0 aromatic carbocycles. The summed E-state index contributed by atoms with van der Waals surface area (Å²) in [6.45, 7) is 1.57. The third kappa shape index (κ3) is 1.48. The molecule has 0 aliphatic carbocycles. The van der Waals surface area contributed by atoms with Gasteiger partial charge >= 0.3 is 14.0 Å². The summed E-state index contributed by atoms with van der Waals surface area (Å²) in [5.74, 6) is 0.0678. The molecule has 1 aromatic rings. The quantitative estimate of drug-likeness (QED) is 0.529. The molecule has 2 N–H and O–H groups in total. The first kappa shape index (κ1) is 8.41. The van der Waals surface area contributed by atoms with Crippen molar-refractivity contribution in [3.63, 3.8) is 0 Å². The van der Waals surface area contributed by atoms with E-state index in [-0.39, 0.29) is 10.9 Å². The summed E-state index contributed by atoms with van der Waals surface area (Å²) in [5.41, 5.74) is 6.57. The molecule has 62 valence electrons. The van der Waals surface area contributed by atoms with E-state index in [0.29, 0.717) is 0 Å². The maximum Gasteiger partial charge on any atom is 0.375 e. The van der Waals surface area contributed by atoms with E-state index in [1.165, 1.54) is 5.51 Å². The first-order valence-electron chi connectivity index (χ1n) is 2.91. The second kappa shape index (κ2) is 2.74. The number of hydrogen-bond donors (Lipinski definition) is 1. The molecule has 0 aliphatic rings. The number of aromatic nitrogens is 2. The Morgan fingerprint density at radius 2 is 2.36 bits per heavy atom. The van der Waals surface area contributed by atoms with Gasteiger partial charge in [-0.1, -0.05) is 10.2 Å². The minimum Gasteiger partial charge on any atom is -0.337 e. The van der Waals surface area contributed by atoms with Crippen molar-refractivity contribution in [2.45, 2.75) is 6.92 Å². The number of nitrogen functional groups attached to an aromatic ring is 1. The Hall–Kier alpha value is -0.690. The van der Waals surface area contributed by atoms with Crippen molar-refractivity contribution in [1.82, 2.24) is 10.2 Å². The monoisotopic (exact) mass is 194 g/mol. The average molecular weight is 194 g/mol. The fourth-order valence-corrected chi connectivity index (χ4v) is 3.70. The summed E-state index contributed by atoms with van der Waals surface area (Å²) >= 11 is 0. The van der Waals surface area contributed by atoms with Gasteiger partial charge in [-0.2, -0.15) is 8.42 Å². The van der Waals surface area contributed by atoms with Crippen LogP contribution in [0.25, 0.3) is 0 Å². The maximum atomic E-state index is 11.2. The molecule has 0 saturated heterocycles. The van der Waals surface area contributed by atoms with Gasteiger partial charge in [0.2, 0.25) is 0 Å². The van der Waals surface area contributed by atoms with Gasteiger partial charge in [-0.15, -0.1) is 0 Å². The first-order chi connectivity index (χ1) is 5.08. The highest BCUT2D eigenvalue weighted by Gasteiger charge is 2.27. The van der Waals surface area contributed by atoms with Crippen LogP contribution < -0.4 is 5.73 Å². The Bertz CT molecular complexity index is 342. The molecule has 1 aromatic heterocycles. The zero-order valence-electron chi connectivity index (χ0n) is 5.89. The predicted molar refractivity (Wildman–Crippen MR) is 43.8 cm³/mol. The topological polar surface area (TPSA) is 85.9 Å². The standard InChI is InChI=1S/C4H8N3O2S2/c1-2-11(8,9)10-3-6-7-4(10)5/h3H,2H2,1H3,(H2,5,7)/q+1. The number of hydrogen-bond acceptors (Lipinski definition) is 5. The Morgan fingerprint density at radius 3 is 2.73 bits per heavy atom. The van der Waals surface area contributed by atoms with Gasteiger partial charge in [0.05, 0.1) is 5.75 Å². The van der Waals surface area contributed by atoms with E-state index in [2.05, 4.69) is 10.2 Å². The van der Waals surface area contributed by atoms with Crippen molar-refractivity contribution < 1.29 is 8.42 Å². The molecule has 0 bridgehead atoms. The molecule has 1 rings (SSSR count). The van der Waals surface area contributed by atoms with E-state index in [4.69, 9.17) is 5.73 Å². The van der Waals surface area contributed by atoms with Crippen molar-refractivity contribution in [3.8, 4) is 0 Å². The Balaban J connectivity index is 3.22. The van der Waals surface area contributed by atoms with Crippen LogP contribution in [-0.2, 0) is 8.87 Å². The van der Waals surface area contributed by atoms with Crippen LogP contribution in [0, 0.1) is 0 Å². The van der Waals surface area contributed by atoms with Crippen LogP contribution in [0.3, 0.4) is 0 Å². The van der Waals surface area contributed by atoms with Crippen molar-refractivity contribution in [2.24, 2.45) is 0 Å². The van der Waals surface area contributed by atoms with E-state index in [1.54, 1.807) is 6.92 Å².